The number of hydrogen-bond acceptors (Lipinski definition) is 4. The summed E-state index contributed by atoms with van der Waals surface area (Å²) in [7, 11) is 0. The second kappa shape index (κ2) is 6.63. The average molecular weight is 264 g/mol. The van der Waals surface area contributed by atoms with Gasteiger partial charge in [0.05, 0.1) is 5.56 Å². The standard InChI is InChI=1S/C13H20N4O2/c1-3-6-16-13(19)8(2)17-9-4-5-11(14)10(7-9)12(15)18/h4-5,7-8,17H,3,6,14H2,1-2H3,(H2,15,18)(H,16,19). The summed E-state index contributed by atoms with van der Waals surface area (Å²) in [6.07, 6.45) is 0.881. The molecular formula is C13H20N4O2. The minimum absolute atomic E-state index is 0.0979. The predicted molar refractivity (Wildman–Crippen MR) is 75.8 cm³/mol. The number of carbonyl (C=O) groups is 2. The Hall–Kier alpha value is -2.24. The SMILES string of the molecule is CCCNC(=O)C(C)Nc1ccc(N)c(C(N)=O)c1. The van der Waals surface area contributed by atoms with Gasteiger partial charge in [-0.2, -0.15) is 0 Å². The molecule has 6 nitrogen and oxygen atoms in total. The molecule has 0 spiro atoms. The summed E-state index contributed by atoms with van der Waals surface area (Å²) in [6, 6.07) is 4.42. The molecule has 0 fully saturated rings. The molecule has 0 aliphatic heterocycles. The van der Waals surface area contributed by atoms with Crippen molar-refractivity contribution in [1.29, 1.82) is 0 Å². The lowest BCUT2D eigenvalue weighted by Crippen LogP contribution is -2.37. The molecule has 6 N–H and O–H groups in total. The van der Waals surface area contributed by atoms with Gasteiger partial charge in [-0.1, -0.05) is 6.92 Å². The van der Waals surface area contributed by atoms with Gasteiger partial charge < -0.3 is 22.1 Å². The van der Waals surface area contributed by atoms with Crippen molar-refractivity contribution in [1.82, 2.24) is 5.32 Å². The van der Waals surface area contributed by atoms with Crippen molar-refractivity contribution in [2.75, 3.05) is 17.6 Å². The highest BCUT2D eigenvalue weighted by molar-refractivity contribution is 5.99. The molecule has 104 valence electrons. The van der Waals surface area contributed by atoms with Crippen LogP contribution in [0.1, 0.15) is 30.6 Å². The highest BCUT2D eigenvalue weighted by Gasteiger charge is 2.13. The number of carbonyl (C=O) groups excluding carboxylic acids is 2. The van der Waals surface area contributed by atoms with Gasteiger partial charge in [0, 0.05) is 17.9 Å². The maximum atomic E-state index is 11.7. The largest absolute Gasteiger partial charge is 0.398 e. The van der Waals surface area contributed by atoms with Gasteiger partial charge in [-0.25, -0.2) is 0 Å². The molecule has 1 aromatic carbocycles. The highest BCUT2D eigenvalue weighted by Crippen LogP contribution is 2.18. The number of benzene rings is 1. The summed E-state index contributed by atoms with van der Waals surface area (Å²) < 4.78 is 0. The van der Waals surface area contributed by atoms with E-state index in [4.69, 9.17) is 11.5 Å². The number of anilines is 2. The second-order valence-electron chi connectivity index (χ2n) is 4.32. The summed E-state index contributed by atoms with van der Waals surface area (Å²) in [5.41, 5.74) is 12.0. The summed E-state index contributed by atoms with van der Waals surface area (Å²) in [4.78, 5) is 22.9. The molecule has 19 heavy (non-hydrogen) atoms. The fourth-order valence-electron chi connectivity index (χ4n) is 1.58. The Balaban J connectivity index is 2.74. The number of primary amides is 1. The third kappa shape index (κ3) is 4.17. The van der Waals surface area contributed by atoms with E-state index in [9.17, 15) is 9.59 Å². The van der Waals surface area contributed by atoms with Crippen molar-refractivity contribution in [2.24, 2.45) is 5.73 Å². The van der Waals surface area contributed by atoms with E-state index in [1.165, 1.54) is 0 Å². The number of nitrogens with one attached hydrogen (secondary N) is 2. The zero-order valence-electron chi connectivity index (χ0n) is 11.2. The summed E-state index contributed by atoms with van der Waals surface area (Å²) in [5, 5.41) is 5.78. The van der Waals surface area contributed by atoms with Gasteiger partial charge in [-0.3, -0.25) is 9.59 Å². The Bertz CT molecular complexity index is 474. The molecule has 0 saturated heterocycles. The van der Waals surface area contributed by atoms with E-state index in [1.54, 1.807) is 25.1 Å². The van der Waals surface area contributed by atoms with E-state index in [0.29, 0.717) is 17.9 Å². The minimum atomic E-state index is -0.593. The summed E-state index contributed by atoms with van der Waals surface area (Å²) in [6.45, 7) is 4.36. The molecule has 1 atom stereocenters. The van der Waals surface area contributed by atoms with Crippen molar-refractivity contribution in [2.45, 2.75) is 26.3 Å². The number of nitrogen functional groups attached to an aromatic ring is 1. The van der Waals surface area contributed by atoms with Crippen LogP contribution < -0.4 is 22.1 Å². The van der Waals surface area contributed by atoms with E-state index in [1.807, 2.05) is 6.92 Å². The lowest BCUT2D eigenvalue weighted by atomic mass is 10.1. The van der Waals surface area contributed by atoms with Crippen LogP contribution in [0.2, 0.25) is 0 Å². The molecule has 2 amide bonds. The first-order valence-corrected chi connectivity index (χ1v) is 6.19. The van der Waals surface area contributed by atoms with E-state index in [0.717, 1.165) is 6.42 Å². The topological polar surface area (TPSA) is 110 Å². The van der Waals surface area contributed by atoms with Crippen LogP contribution in [0, 0.1) is 0 Å². The van der Waals surface area contributed by atoms with Crippen molar-refractivity contribution >= 4 is 23.2 Å². The van der Waals surface area contributed by atoms with Gasteiger partial charge in [0.25, 0.3) is 5.91 Å². The van der Waals surface area contributed by atoms with E-state index in [-0.39, 0.29) is 11.5 Å². The van der Waals surface area contributed by atoms with Crippen molar-refractivity contribution < 1.29 is 9.59 Å². The van der Waals surface area contributed by atoms with Crippen LogP contribution in [0.4, 0.5) is 11.4 Å². The Morgan fingerprint density at radius 2 is 2.05 bits per heavy atom. The van der Waals surface area contributed by atoms with Crippen molar-refractivity contribution in [3.8, 4) is 0 Å². The van der Waals surface area contributed by atoms with Crippen LogP contribution in [0.3, 0.4) is 0 Å². The van der Waals surface area contributed by atoms with E-state index < -0.39 is 11.9 Å². The number of rotatable bonds is 6. The first-order valence-electron chi connectivity index (χ1n) is 6.19. The van der Waals surface area contributed by atoms with Crippen molar-refractivity contribution in [3.63, 3.8) is 0 Å². The monoisotopic (exact) mass is 264 g/mol. The molecular weight excluding hydrogens is 244 g/mol. The first kappa shape index (κ1) is 14.8. The molecule has 0 radical (unpaired) electrons. The predicted octanol–water partition coefficient (Wildman–Crippen LogP) is 0.694. The first-order chi connectivity index (χ1) is 8.95. The number of nitrogens with two attached hydrogens (primary N) is 2. The molecule has 0 aliphatic carbocycles. The fraction of sp³-hybridized carbons (Fsp3) is 0.385. The van der Waals surface area contributed by atoms with Crippen LogP contribution in [0.5, 0.6) is 0 Å². The van der Waals surface area contributed by atoms with Gasteiger partial charge >= 0.3 is 0 Å². The maximum absolute atomic E-state index is 11.7. The summed E-state index contributed by atoms with van der Waals surface area (Å²) >= 11 is 0. The maximum Gasteiger partial charge on any atom is 0.250 e. The molecule has 0 bridgehead atoms. The Kier molecular flexibility index (Phi) is 5.17. The van der Waals surface area contributed by atoms with Gasteiger partial charge in [0.2, 0.25) is 5.91 Å². The smallest absolute Gasteiger partial charge is 0.250 e. The average Bonchev–Trinajstić information content (AvgIpc) is 2.37. The lowest BCUT2D eigenvalue weighted by Gasteiger charge is -2.16. The van der Waals surface area contributed by atoms with Crippen LogP contribution in [0.15, 0.2) is 18.2 Å². The molecule has 0 heterocycles. The Morgan fingerprint density at radius 1 is 1.37 bits per heavy atom. The van der Waals surface area contributed by atoms with Crippen LogP contribution in [-0.2, 0) is 4.79 Å². The molecule has 0 aliphatic rings. The number of hydrogen-bond donors (Lipinski definition) is 4. The molecule has 1 unspecified atom stereocenters. The lowest BCUT2D eigenvalue weighted by molar-refractivity contribution is -0.121. The minimum Gasteiger partial charge on any atom is -0.398 e. The molecule has 1 rings (SSSR count). The van der Waals surface area contributed by atoms with E-state index in [2.05, 4.69) is 10.6 Å². The number of amides is 2. The normalized spacial score (nSPS) is 11.7. The quantitative estimate of drug-likeness (QED) is 0.567. The van der Waals surface area contributed by atoms with Crippen LogP contribution >= 0.6 is 0 Å². The van der Waals surface area contributed by atoms with Gasteiger partial charge in [-0.05, 0) is 31.5 Å². The van der Waals surface area contributed by atoms with Crippen LogP contribution in [0.25, 0.3) is 0 Å². The molecule has 6 heteroatoms. The third-order valence-electron chi connectivity index (χ3n) is 2.64. The Labute approximate surface area is 112 Å². The molecule has 0 aromatic heterocycles. The van der Waals surface area contributed by atoms with Gasteiger partial charge in [-0.15, -0.1) is 0 Å². The second-order valence-corrected chi connectivity index (χ2v) is 4.32. The van der Waals surface area contributed by atoms with Crippen LogP contribution in [-0.4, -0.2) is 24.4 Å². The zero-order valence-corrected chi connectivity index (χ0v) is 11.2. The highest BCUT2D eigenvalue weighted by atomic mass is 16.2. The summed E-state index contributed by atoms with van der Waals surface area (Å²) in [5.74, 6) is -0.691. The zero-order chi connectivity index (χ0) is 14.4. The van der Waals surface area contributed by atoms with Crippen molar-refractivity contribution in [3.05, 3.63) is 23.8 Å². The fourth-order valence-corrected chi connectivity index (χ4v) is 1.58. The van der Waals surface area contributed by atoms with Gasteiger partial charge in [0.15, 0.2) is 0 Å². The van der Waals surface area contributed by atoms with E-state index >= 15 is 0 Å². The third-order valence-corrected chi connectivity index (χ3v) is 2.64. The molecule has 0 saturated carbocycles. The van der Waals surface area contributed by atoms with Gasteiger partial charge in [0.1, 0.15) is 6.04 Å². The Morgan fingerprint density at radius 3 is 2.63 bits per heavy atom. The molecule has 1 aromatic rings.